The van der Waals surface area contributed by atoms with Crippen molar-refractivity contribution in [2.24, 2.45) is 5.10 Å². The summed E-state index contributed by atoms with van der Waals surface area (Å²) in [7, 11) is 1.34. The fraction of sp³-hybridized carbons (Fsp3) is 0.0833. The Hall–Kier alpha value is -4.71. The van der Waals surface area contributed by atoms with Crippen molar-refractivity contribution < 1.29 is 27.8 Å². The molecule has 0 radical (unpaired) electrons. The molecule has 0 aliphatic rings. The minimum atomic E-state index is -1.24. The molecule has 13 heteroatoms. The first-order valence-electron chi connectivity index (χ1n) is 10.5. The monoisotopic (exact) mass is 526 g/mol. The zero-order chi connectivity index (χ0) is 26.4. The van der Waals surface area contributed by atoms with Gasteiger partial charge in [0.05, 0.1) is 23.9 Å². The molecule has 4 rings (SSSR count). The average Bonchev–Trinajstić information content (AvgIpc) is 3.35. The van der Waals surface area contributed by atoms with Crippen molar-refractivity contribution in [3.8, 4) is 22.9 Å². The summed E-state index contributed by atoms with van der Waals surface area (Å²) in [5.74, 6) is -3.40. The molecular formula is C24H17ClF2N6O4. The van der Waals surface area contributed by atoms with Gasteiger partial charge in [0.25, 0.3) is 5.91 Å². The van der Waals surface area contributed by atoms with E-state index in [0.29, 0.717) is 23.5 Å². The van der Waals surface area contributed by atoms with Crippen LogP contribution in [0, 0.1) is 11.6 Å². The molecule has 0 saturated carbocycles. The minimum absolute atomic E-state index is 0.000891. The average molecular weight is 527 g/mol. The van der Waals surface area contributed by atoms with Crippen LogP contribution in [0.1, 0.15) is 15.9 Å². The molecule has 0 spiro atoms. The molecule has 37 heavy (non-hydrogen) atoms. The van der Waals surface area contributed by atoms with Gasteiger partial charge in [0.1, 0.15) is 6.54 Å². The van der Waals surface area contributed by atoms with Gasteiger partial charge in [-0.25, -0.2) is 19.0 Å². The van der Waals surface area contributed by atoms with E-state index in [1.165, 1.54) is 31.5 Å². The first kappa shape index (κ1) is 25.4. The van der Waals surface area contributed by atoms with Crippen molar-refractivity contribution in [1.82, 2.24) is 25.6 Å². The molecule has 0 fully saturated rings. The van der Waals surface area contributed by atoms with Crippen LogP contribution in [0.25, 0.3) is 11.4 Å². The van der Waals surface area contributed by atoms with Crippen molar-refractivity contribution in [3.63, 3.8) is 0 Å². The highest BCUT2D eigenvalue weighted by Gasteiger charge is 2.19. The fourth-order valence-corrected chi connectivity index (χ4v) is 3.27. The lowest BCUT2D eigenvalue weighted by Crippen LogP contribution is -2.24. The van der Waals surface area contributed by atoms with E-state index in [4.69, 9.17) is 21.1 Å². The van der Waals surface area contributed by atoms with E-state index in [1.807, 2.05) is 30.3 Å². The lowest BCUT2D eigenvalue weighted by molar-refractivity contribution is -0.122. The third-order valence-electron chi connectivity index (χ3n) is 4.79. The molecule has 0 bridgehead atoms. The normalized spacial score (nSPS) is 10.9. The summed E-state index contributed by atoms with van der Waals surface area (Å²) in [5, 5.41) is 15.5. The number of benzene rings is 3. The number of nitrogens with zero attached hydrogens (tertiary/aromatic N) is 5. The maximum atomic E-state index is 13.5. The largest absolute Gasteiger partial charge is 0.493 e. The van der Waals surface area contributed by atoms with Crippen molar-refractivity contribution in [2.75, 3.05) is 7.11 Å². The second-order valence-electron chi connectivity index (χ2n) is 7.35. The van der Waals surface area contributed by atoms with Gasteiger partial charge in [-0.2, -0.15) is 9.90 Å². The summed E-state index contributed by atoms with van der Waals surface area (Å²) in [5.41, 5.74) is 3.25. The van der Waals surface area contributed by atoms with Crippen LogP contribution in [0.5, 0.6) is 11.5 Å². The van der Waals surface area contributed by atoms with Crippen LogP contribution >= 0.6 is 11.6 Å². The van der Waals surface area contributed by atoms with Crippen LogP contribution < -0.4 is 14.9 Å². The lowest BCUT2D eigenvalue weighted by Gasteiger charge is -2.11. The number of methoxy groups -OCH3 is 1. The predicted molar refractivity (Wildman–Crippen MR) is 128 cm³/mol. The van der Waals surface area contributed by atoms with E-state index in [0.717, 1.165) is 10.4 Å². The fourth-order valence-electron chi connectivity index (χ4n) is 3.04. The Bertz CT molecular complexity index is 1480. The van der Waals surface area contributed by atoms with Gasteiger partial charge >= 0.3 is 5.97 Å². The second-order valence-corrected chi connectivity index (χ2v) is 7.76. The third kappa shape index (κ3) is 6.30. The van der Waals surface area contributed by atoms with Gasteiger partial charge in [0, 0.05) is 5.56 Å². The molecule has 0 unspecified atom stereocenters. The molecule has 1 aromatic heterocycles. The Morgan fingerprint density at radius 3 is 2.59 bits per heavy atom. The van der Waals surface area contributed by atoms with Gasteiger partial charge in [-0.1, -0.05) is 41.9 Å². The van der Waals surface area contributed by atoms with E-state index < -0.39 is 23.5 Å². The molecule has 0 saturated heterocycles. The van der Waals surface area contributed by atoms with Gasteiger partial charge in [-0.15, -0.1) is 10.2 Å². The number of hydrogen-bond donors (Lipinski definition) is 1. The summed E-state index contributed by atoms with van der Waals surface area (Å²) in [6, 6.07) is 14.9. The molecular weight excluding hydrogens is 510 g/mol. The zero-order valence-corrected chi connectivity index (χ0v) is 19.8. The van der Waals surface area contributed by atoms with E-state index in [-0.39, 0.29) is 28.6 Å². The van der Waals surface area contributed by atoms with Crippen molar-refractivity contribution in [2.45, 2.75) is 6.54 Å². The van der Waals surface area contributed by atoms with E-state index >= 15 is 0 Å². The molecule has 1 heterocycles. The zero-order valence-electron chi connectivity index (χ0n) is 19.1. The number of ether oxygens (including phenoxy) is 2. The minimum Gasteiger partial charge on any atom is -0.493 e. The number of halogens is 3. The first-order chi connectivity index (χ1) is 17.8. The summed E-state index contributed by atoms with van der Waals surface area (Å²) in [6.45, 7) is -0.206. The van der Waals surface area contributed by atoms with Crippen LogP contribution in [-0.2, 0) is 11.3 Å². The summed E-state index contributed by atoms with van der Waals surface area (Å²) in [6.07, 6.45) is 1.34. The predicted octanol–water partition coefficient (Wildman–Crippen LogP) is 3.65. The Kier molecular flexibility index (Phi) is 7.79. The molecule has 10 nitrogen and oxygen atoms in total. The van der Waals surface area contributed by atoms with Crippen LogP contribution in [0.15, 0.2) is 65.8 Å². The molecule has 1 N–H and O–H groups in total. The van der Waals surface area contributed by atoms with E-state index in [1.54, 1.807) is 0 Å². The van der Waals surface area contributed by atoms with Gasteiger partial charge in [0.2, 0.25) is 5.82 Å². The Morgan fingerprint density at radius 1 is 1.08 bits per heavy atom. The van der Waals surface area contributed by atoms with Crippen LogP contribution in [0.2, 0.25) is 5.02 Å². The highest BCUT2D eigenvalue weighted by Crippen LogP contribution is 2.29. The molecule has 0 atom stereocenters. The van der Waals surface area contributed by atoms with E-state index in [9.17, 15) is 18.4 Å². The Morgan fingerprint density at radius 2 is 1.84 bits per heavy atom. The highest BCUT2D eigenvalue weighted by molar-refractivity contribution is 6.33. The Labute approximate surface area is 213 Å². The molecule has 3 aromatic carbocycles. The number of amides is 1. The molecule has 0 aliphatic heterocycles. The van der Waals surface area contributed by atoms with Gasteiger partial charge < -0.3 is 9.47 Å². The summed E-state index contributed by atoms with van der Waals surface area (Å²) < 4.78 is 37.2. The smallest absolute Gasteiger partial charge is 0.345 e. The van der Waals surface area contributed by atoms with E-state index in [2.05, 4.69) is 25.9 Å². The first-order valence-corrected chi connectivity index (χ1v) is 10.9. The number of tetrazole rings is 1. The number of rotatable bonds is 8. The molecule has 1 amide bonds. The lowest BCUT2D eigenvalue weighted by atomic mass is 10.2. The molecule has 188 valence electrons. The van der Waals surface area contributed by atoms with Gasteiger partial charge in [0.15, 0.2) is 23.1 Å². The summed E-state index contributed by atoms with van der Waals surface area (Å²) >= 11 is 5.82. The Balaban J connectivity index is 1.36. The topological polar surface area (TPSA) is 121 Å². The number of hydrogen-bond acceptors (Lipinski definition) is 8. The maximum Gasteiger partial charge on any atom is 0.345 e. The summed E-state index contributed by atoms with van der Waals surface area (Å²) in [4.78, 5) is 25.7. The SMILES string of the molecule is COc1cc(/C=N\NC(=O)Cn2nnc(-c3ccccc3)n2)ccc1OC(=O)c1cc(F)c(F)cc1Cl. The number of carbonyl (C=O) groups is 2. The van der Waals surface area contributed by atoms with Crippen molar-refractivity contribution >= 4 is 29.7 Å². The number of esters is 1. The highest BCUT2D eigenvalue weighted by atomic mass is 35.5. The van der Waals surface area contributed by atoms with Crippen molar-refractivity contribution in [1.29, 1.82) is 0 Å². The number of carbonyl (C=O) groups excluding carboxylic acids is 2. The van der Waals surface area contributed by atoms with Crippen LogP contribution in [0.4, 0.5) is 8.78 Å². The number of aromatic nitrogens is 4. The third-order valence-corrected chi connectivity index (χ3v) is 5.11. The maximum absolute atomic E-state index is 13.5. The standard InChI is InChI=1S/C24H17ClF2N6O4/c1-36-21-9-14(7-8-20(21)37-24(35)16-10-18(26)19(27)11-17(16)25)12-28-29-22(34)13-33-31-23(30-32-33)15-5-3-2-4-6-15/h2-12H,13H2,1H3,(H,29,34)/b28-12-. The number of hydrazone groups is 1. The van der Waals surface area contributed by atoms with Crippen LogP contribution in [0.3, 0.4) is 0 Å². The second kappa shape index (κ2) is 11.4. The van der Waals surface area contributed by atoms with Gasteiger partial charge in [-0.05, 0) is 41.1 Å². The van der Waals surface area contributed by atoms with Gasteiger partial charge in [-0.3, -0.25) is 4.79 Å². The molecule has 4 aromatic rings. The molecule has 0 aliphatic carbocycles. The van der Waals surface area contributed by atoms with Crippen LogP contribution in [-0.4, -0.2) is 45.4 Å². The van der Waals surface area contributed by atoms with Crippen molar-refractivity contribution in [3.05, 3.63) is 88.4 Å². The quantitative estimate of drug-likeness (QED) is 0.122. The number of nitrogens with one attached hydrogen (secondary N) is 1.